The van der Waals surface area contributed by atoms with E-state index in [1.165, 1.54) is 0 Å². The number of aromatic nitrogens is 4. The number of hydrogen-bond donors (Lipinski definition) is 2. The Morgan fingerprint density at radius 3 is 2.63 bits per heavy atom. The van der Waals surface area contributed by atoms with Gasteiger partial charge in [-0.1, -0.05) is 30.3 Å². The van der Waals surface area contributed by atoms with Crippen molar-refractivity contribution in [2.75, 3.05) is 0 Å². The number of benzene rings is 1. The van der Waals surface area contributed by atoms with Gasteiger partial charge >= 0.3 is 0 Å². The largest absolute Gasteiger partial charge is 0.318 e. The third-order valence-corrected chi connectivity index (χ3v) is 2.88. The van der Waals surface area contributed by atoms with Crippen molar-refractivity contribution in [3.8, 4) is 11.4 Å². The average Bonchev–Trinajstić information content (AvgIpc) is 2.98. The van der Waals surface area contributed by atoms with E-state index < -0.39 is 0 Å². The van der Waals surface area contributed by atoms with E-state index in [4.69, 9.17) is 5.73 Å². The van der Waals surface area contributed by atoms with Gasteiger partial charge < -0.3 is 5.73 Å². The van der Waals surface area contributed by atoms with E-state index in [0.717, 1.165) is 11.1 Å². The Hall–Kier alpha value is -2.53. The number of aromatic amines is 1. The first-order valence-corrected chi connectivity index (χ1v) is 5.98. The number of hydrogen-bond acceptors (Lipinski definition) is 4. The molecule has 1 atom stereocenters. The summed E-state index contributed by atoms with van der Waals surface area (Å²) in [5, 5.41) is 7.07. The van der Waals surface area contributed by atoms with Crippen molar-refractivity contribution in [1.82, 2.24) is 20.2 Å². The Labute approximate surface area is 110 Å². The summed E-state index contributed by atoms with van der Waals surface area (Å²) in [7, 11) is 0. The summed E-state index contributed by atoms with van der Waals surface area (Å²) in [5.74, 6) is 1.25. The molecule has 5 nitrogen and oxygen atoms in total. The van der Waals surface area contributed by atoms with Crippen LogP contribution in [-0.2, 0) is 0 Å². The minimum Gasteiger partial charge on any atom is -0.318 e. The molecule has 0 fully saturated rings. The topological polar surface area (TPSA) is 80.5 Å². The van der Waals surface area contributed by atoms with Crippen molar-refractivity contribution >= 4 is 0 Å². The Bertz CT molecular complexity index is 648. The van der Waals surface area contributed by atoms with Gasteiger partial charge in [0.15, 0.2) is 5.82 Å². The van der Waals surface area contributed by atoms with Crippen molar-refractivity contribution in [3.63, 3.8) is 0 Å². The van der Waals surface area contributed by atoms with Gasteiger partial charge in [0.2, 0.25) is 0 Å². The summed E-state index contributed by atoms with van der Waals surface area (Å²) >= 11 is 0. The Kier molecular flexibility index (Phi) is 3.04. The third-order valence-electron chi connectivity index (χ3n) is 2.88. The minimum atomic E-state index is -0.306. The molecule has 19 heavy (non-hydrogen) atoms. The lowest BCUT2D eigenvalue weighted by atomic mass is 10.1. The van der Waals surface area contributed by atoms with Crippen LogP contribution in [0.4, 0.5) is 0 Å². The molecule has 2 aromatic heterocycles. The van der Waals surface area contributed by atoms with Crippen LogP contribution in [0.2, 0.25) is 0 Å². The number of pyridine rings is 1. The molecule has 0 amide bonds. The van der Waals surface area contributed by atoms with Gasteiger partial charge in [0, 0.05) is 18.0 Å². The second kappa shape index (κ2) is 4.99. The molecular weight excluding hydrogens is 238 g/mol. The fraction of sp³-hybridized carbons (Fsp3) is 0.0714. The molecule has 3 N–H and O–H groups in total. The highest BCUT2D eigenvalue weighted by Gasteiger charge is 2.14. The van der Waals surface area contributed by atoms with Gasteiger partial charge in [0.1, 0.15) is 5.82 Å². The quantitative estimate of drug-likeness (QED) is 0.745. The lowest BCUT2D eigenvalue weighted by Gasteiger charge is -2.07. The van der Waals surface area contributed by atoms with E-state index in [0.29, 0.717) is 11.6 Å². The summed E-state index contributed by atoms with van der Waals surface area (Å²) in [6.45, 7) is 0. The lowest BCUT2D eigenvalue weighted by Crippen LogP contribution is -2.13. The number of nitrogens with one attached hydrogen (secondary N) is 1. The second-order valence-corrected chi connectivity index (χ2v) is 4.17. The third kappa shape index (κ3) is 2.36. The van der Waals surface area contributed by atoms with Gasteiger partial charge in [-0.25, -0.2) is 4.98 Å². The van der Waals surface area contributed by atoms with Gasteiger partial charge in [0.25, 0.3) is 0 Å². The minimum absolute atomic E-state index is 0.306. The first-order chi connectivity index (χ1) is 9.34. The van der Waals surface area contributed by atoms with Crippen LogP contribution in [0.25, 0.3) is 11.4 Å². The van der Waals surface area contributed by atoms with E-state index in [2.05, 4.69) is 20.2 Å². The van der Waals surface area contributed by atoms with Crippen LogP contribution in [0.3, 0.4) is 0 Å². The summed E-state index contributed by atoms with van der Waals surface area (Å²) in [6.07, 6.45) is 3.44. The van der Waals surface area contributed by atoms with Gasteiger partial charge in [0.05, 0.1) is 6.04 Å². The Balaban J connectivity index is 1.90. The van der Waals surface area contributed by atoms with E-state index in [1.807, 2.05) is 42.5 Å². The molecule has 0 bridgehead atoms. The summed E-state index contributed by atoms with van der Waals surface area (Å²) in [6, 6.07) is 13.3. The molecule has 2 heterocycles. The van der Waals surface area contributed by atoms with Crippen molar-refractivity contribution in [1.29, 1.82) is 0 Å². The van der Waals surface area contributed by atoms with Crippen LogP contribution in [0.15, 0.2) is 54.9 Å². The van der Waals surface area contributed by atoms with Gasteiger partial charge in [-0.05, 0) is 17.7 Å². The predicted molar refractivity (Wildman–Crippen MR) is 72.1 cm³/mol. The Morgan fingerprint density at radius 2 is 1.89 bits per heavy atom. The van der Waals surface area contributed by atoms with E-state index in [9.17, 15) is 0 Å². The number of nitrogens with zero attached hydrogens (tertiary/aromatic N) is 3. The van der Waals surface area contributed by atoms with Crippen molar-refractivity contribution in [2.24, 2.45) is 5.73 Å². The maximum Gasteiger partial charge on any atom is 0.182 e. The van der Waals surface area contributed by atoms with Crippen molar-refractivity contribution in [3.05, 3.63) is 66.2 Å². The fourth-order valence-corrected chi connectivity index (χ4v) is 1.86. The van der Waals surface area contributed by atoms with Crippen LogP contribution >= 0.6 is 0 Å². The highest BCUT2D eigenvalue weighted by molar-refractivity contribution is 5.52. The van der Waals surface area contributed by atoms with Crippen LogP contribution < -0.4 is 5.73 Å². The zero-order chi connectivity index (χ0) is 13.1. The van der Waals surface area contributed by atoms with Gasteiger partial charge in [-0.2, -0.15) is 5.10 Å². The van der Waals surface area contributed by atoms with Crippen LogP contribution in [0.5, 0.6) is 0 Å². The van der Waals surface area contributed by atoms with Gasteiger partial charge in [-0.15, -0.1) is 0 Å². The summed E-state index contributed by atoms with van der Waals surface area (Å²) in [4.78, 5) is 8.47. The standard InChI is InChI=1S/C14H13N5/c15-12(10-5-2-1-3-6-10)14-17-13(18-19-14)11-7-4-8-16-9-11/h1-9,12H,15H2,(H,17,18,19). The van der Waals surface area contributed by atoms with Crippen LogP contribution in [-0.4, -0.2) is 20.2 Å². The first kappa shape index (κ1) is 11.6. The summed E-state index contributed by atoms with van der Waals surface area (Å²) < 4.78 is 0. The molecule has 0 aliphatic heterocycles. The molecule has 1 unspecified atom stereocenters. The molecule has 94 valence electrons. The zero-order valence-corrected chi connectivity index (χ0v) is 10.2. The summed E-state index contributed by atoms with van der Waals surface area (Å²) in [5.41, 5.74) is 8.02. The normalized spacial score (nSPS) is 12.3. The molecule has 0 saturated heterocycles. The van der Waals surface area contributed by atoms with E-state index >= 15 is 0 Å². The SMILES string of the molecule is NC(c1ccccc1)c1nc(-c2cccnc2)n[nH]1. The van der Waals surface area contributed by atoms with Crippen molar-refractivity contribution < 1.29 is 0 Å². The van der Waals surface area contributed by atoms with E-state index in [1.54, 1.807) is 12.4 Å². The molecule has 0 aliphatic rings. The van der Waals surface area contributed by atoms with Gasteiger partial charge in [-0.3, -0.25) is 10.1 Å². The lowest BCUT2D eigenvalue weighted by molar-refractivity contribution is 0.787. The fourth-order valence-electron chi connectivity index (χ4n) is 1.86. The second-order valence-electron chi connectivity index (χ2n) is 4.17. The highest BCUT2D eigenvalue weighted by atomic mass is 15.2. The molecule has 0 saturated carbocycles. The molecular formula is C14H13N5. The maximum absolute atomic E-state index is 6.16. The molecule has 5 heteroatoms. The highest BCUT2D eigenvalue weighted by Crippen LogP contribution is 2.19. The monoisotopic (exact) mass is 251 g/mol. The molecule has 0 aliphatic carbocycles. The van der Waals surface area contributed by atoms with Crippen LogP contribution in [0, 0.1) is 0 Å². The van der Waals surface area contributed by atoms with E-state index in [-0.39, 0.29) is 6.04 Å². The first-order valence-electron chi connectivity index (χ1n) is 5.98. The average molecular weight is 251 g/mol. The smallest absolute Gasteiger partial charge is 0.182 e. The number of rotatable bonds is 3. The number of nitrogens with two attached hydrogens (primary N) is 1. The molecule has 0 radical (unpaired) electrons. The number of H-pyrrole nitrogens is 1. The van der Waals surface area contributed by atoms with Crippen molar-refractivity contribution in [2.45, 2.75) is 6.04 Å². The predicted octanol–water partition coefficient (Wildman–Crippen LogP) is 1.91. The van der Waals surface area contributed by atoms with Crippen LogP contribution in [0.1, 0.15) is 17.4 Å². The molecule has 1 aromatic carbocycles. The molecule has 0 spiro atoms. The molecule has 3 aromatic rings. The zero-order valence-electron chi connectivity index (χ0n) is 10.2. The maximum atomic E-state index is 6.16. The Morgan fingerprint density at radius 1 is 1.05 bits per heavy atom. The molecule has 3 rings (SSSR count).